The third-order valence-corrected chi connectivity index (χ3v) is 9.80. The van der Waals surface area contributed by atoms with Crippen LogP contribution in [0.3, 0.4) is 0 Å². The van der Waals surface area contributed by atoms with E-state index in [1.807, 2.05) is 85.8 Å². The summed E-state index contributed by atoms with van der Waals surface area (Å²) in [4.78, 5) is 29.8. The summed E-state index contributed by atoms with van der Waals surface area (Å²) in [6, 6.07) is 24.7. The van der Waals surface area contributed by atoms with Gasteiger partial charge >= 0.3 is 0 Å². The van der Waals surface area contributed by atoms with Crippen molar-refractivity contribution in [2.24, 2.45) is 0 Å². The second kappa shape index (κ2) is 15.9. The van der Waals surface area contributed by atoms with Crippen LogP contribution in [0.5, 0.6) is 0 Å². The normalized spacial score (nSPS) is 14.5. The molecular formula is C36H47N3O4S. The van der Waals surface area contributed by atoms with E-state index in [1.54, 1.807) is 4.90 Å². The first kappa shape index (κ1) is 33.2. The van der Waals surface area contributed by atoms with Crippen molar-refractivity contribution in [3.05, 3.63) is 101 Å². The Bertz CT molecular complexity index is 1470. The third-order valence-electron chi connectivity index (χ3n) is 8.61. The quantitative estimate of drug-likeness (QED) is 0.234. The SMILES string of the molecule is CCc1ccc(N(CCCC(=O)N(Cc2ccccc2C)C(Cc2ccccc2)C(=O)NC2CCCCC2)S(C)(=O)=O)cc1. The molecule has 1 fully saturated rings. The molecule has 0 aliphatic heterocycles. The monoisotopic (exact) mass is 617 g/mol. The molecule has 1 atom stereocenters. The molecule has 1 unspecified atom stereocenters. The lowest BCUT2D eigenvalue weighted by Gasteiger charge is -2.34. The first-order valence-corrected chi connectivity index (χ1v) is 17.8. The maximum Gasteiger partial charge on any atom is 0.243 e. The van der Waals surface area contributed by atoms with Crippen molar-refractivity contribution in [2.75, 3.05) is 17.1 Å². The van der Waals surface area contributed by atoms with Crippen LogP contribution >= 0.6 is 0 Å². The minimum Gasteiger partial charge on any atom is -0.352 e. The minimum absolute atomic E-state index is 0.118. The number of carbonyl (C=O) groups is 2. The highest BCUT2D eigenvalue weighted by Gasteiger charge is 2.32. The van der Waals surface area contributed by atoms with E-state index < -0.39 is 16.1 Å². The molecule has 0 aromatic heterocycles. The largest absolute Gasteiger partial charge is 0.352 e. The van der Waals surface area contributed by atoms with Crippen LogP contribution in [0, 0.1) is 6.92 Å². The lowest BCUT2D eigenvalue weighted by atomic mass is 9.94. The molecule has 0 heterocycles. The van der Waals surface area contributed by atoms with Crippen LogP contribution < -0.4 is 9.62 Å². The summed E-state index contributed by atoms with van der Waals surface area (Å²) in [6.45, 7) is 4.54. The zero-order valence-electron chi connectivity index (χ0n) is 26.4. The highest BCUT2D eigenvalue weighted by molar-refractivity contribution is 7.92. The molecule has 3 aromatic carbocycles. The second-order valence-corrected chi connectivity index (χ2v) is 13.9. The number of nitrogens with one attached hydrogen (secondary N) is 1. The number of hydrogen-bond donors (Lipinski definition) is 1. The molecule has 44 heavy (non-hydrogen) atoms. The van der Waals surface area contributed by atoms with Crippen LogP contribution in [0.4, 0.5) is 5.69 Å². The van der Waals surface area contributed by atoms with Crippen molar-refractivity contribution in [3.8, 4) is 0 Å². The first-order chi connectivity index (χ1) is 21.2. The van der Waals surface area contributed by atoms with E-state index in [0.29, 0.717) is 25.1 Å². The van der Waals surface area contributed by atoms with Gasteiger partial charge < -0.3 is 10.2 Å². The Kier molecular flexibility index (Phi) is 12.0. The molecule has 3 aromatic rings. The van der Waals surface area contributed by atoms with E-state index in [4.69, 9.17) is 0 Å². The van der Waals surface area contributed by atoms with Crippen LogP contribution in [-0.4, -0.2) is 50.0 Å². The van der Waals surface area contributed by atoms with Gasteiger partial charge in [-0.1, -0.05) is 92.9 Å². The van der Waals surface area contributed by atoms with Gasteiger partial charge in [0.15, 0.2) is 0 Å². The van der Waals surface area contributed by atoms with Crippen molar-refractivity contribution >= 4 is 27.5 Å². The molecule has 1 N–H and O–H groups in total. The van der Waals surface area contributed by atoms with E-state index in [-0.39, 0.29) is 30.8 Å². The summed E-state index contributed by atoms with van der Waals surface area (Å²) in [5.74, 6) is -0.292. The molecule has 4 rings (SSSR count). The molecule has 0 bridgehead atoms. The average molecular weight is 618 g/mol. The summed E-state index contributed by atoms with van der Waals surface area (Å²) < 4.78 is 26.8. The fraction of sp³-hybridized carbons (Fsp3) is 0.444. The molecule has 0 radical (unpaired) electrons. The van der Waals surface area contributed by atoms with Gasteiger partial charge in [0.25, 0.3) is 0 Å². The van der Waals surface area contributed by atoms with Crippen molar-refractivity contribution in [2.45, 2.75) is 90.3 Å². The average Bonchev–Trinajstić information content (AvgIpc) is 3.02. The van der Waals surface area contributed by atoms with Crippen molar-refractivity contribution in [1.82, 2.24) is 10.2 Å². The second-order valence-electron chi connectivity index (χ2n) is 12.0. The summed E-state index contributed by atoms with van der Waals surface area (Å²) in [6.07, 6.45) is 8.19. The van der Waals surface area contributed by atoms with Crippen molar-refractivity contribution in [1.29, 1.82) is 0 Å². The number of anilines is 1. The molecule has 0 spiro atoms. The molecule has 236 valence electrons. The highest BCUT2D eigenvalue weighted by atomic mass is 32.2. The Morgan fingerprint density at radius 3 is 2.18 bits per heavy atom. The van der Waals surface area contributed by atoms with Crippen LogP contribution in [0.1, 0.15) is 74.1 Å². The van der Waals surface area contributed by atoms with Gasteiger partial charge in [-0.3, -0.25) is 13.9 Å². The standard InChI is InChI=1S/C36H47N3O4S/c1-4-29-21-23-33(24-22-29)39(44(3,42)43)25-13-20-35(40)38(27-31-17-12-11-14-28(31)2)34(26-30-15-7-5-8-16-30)36(41)37-32-18-9-6-10-19-32/h5,7-8,11-12,14-17,21-24,32,34H,4,6,9-10,13,18-20,25-27H2,1-3H3,(H,37,41). The Morgan fingerprint density at radius 2 is 1.55 bits per heavy atom. The van der Waals surface area contributed by atoms with Gasteiger partial charge in [-0.05, 0) is 67.0 Å². The Balaban J connectivity index is 1.58. The van der Waals surface area contributed by atoms with Gasteiger partial charge in [0, 0.05) is 32.0 Å². The fourth-order valence-corrected chi connectivity index (χ4v) is 6.94. The number of amides is 2. The Morgan fingerprint density at radius 1 is 0.886 bits per heavy atom. The van der Waals surface area contributed by atoms with E-state index >= 15 is 0 Å². The van der Waals surface area contributed by atoms with Gasteiger partial charge in [0.2, 0.25) is 21.8 Å². The van der Waals surface area contributed by atoms with E-state index in [2.05, 4.69) is 12.2 Å². The van der Waals surface area contributed by atoms with Crippen LogP contribution in [0.2, 0.25) is 0 Å². The molecule has 1 saturated carbocycles. The molecule has 1 aliphatic carbocycles. The Hall–Kier alpha value is -3.65. The maximum atomic E-state index is 14.1. The number of hydrogen-bond acceptors (Lipinski definition) is 4. The van der Waals surface area contributed by atoms with E-state index in [0.717, 1.165) is 54.4 Å². The molecule has 7 nitrogen and oxygen atoms in total. The first-order valence-electron chi connectivity index (χ1n) is 15.9. The van der Waals surface area contributed by atoms with Gasteiger partial charge in [-0.15, -0.1) is 0 Å². The predicted octanol–water partition coefficient (Wildman–Crippen LogP) is 6.19. The lowest BCUT2D eigenvalue weighted by Crippen LogP contribution is -2.53. The molecule has 1 aliphatic rings. The number of rotatable bonds is 14. The van der Waals surface area contributed by atoms with Gasteiger partial charge in [0.1, 0.15) is 6.04 Å². The summed E-state index contributed by atoms with van der Waals surface area (Å²) >= 11 is 0. The summed E-state index contributed by atoms with van der Waals surface area (Å²) in [5.41, 5.74) is 4.73. The lowest BCUT2D eigenvalue weighted by molar-refractivity contribution is -0.141. The van der Waals surface area contributed by atoms with E-state index in [1.165, 1.54) is 17.0 Å². The number of nitrogens with zero attached hydrogens (tertiary/aromatic N) is 2. The smallest absolute Gasteiger partial charge is 0.243 e. The maximum absolute atomic E-state index is 14.1. The van der Waals surface area contributed by atoms with E-state index in [9.17, 15) is 18.0 Å². The number of benzene rings is 3. The zero-order chi connectivity index (χ0) is 31.5. The minimum atomic E-state index is -3.55. The van der Waals surface area contributed by atoms with Crippen LogP contribution in [0.25, 0.3) is 0 Å². The summed E-state index contributed by atoms with van der Waals surface area (Å²) in [5, 5.41) is 3.28. The number of aryl methyl sites for hydroxylation is 2. The van der Waals surface area contributed by atoms with Crippen LogP contribution in [-0.2, 0) is 39.0 Å². The highest BCUT2D eigenvalue weighted by Crippen LogP contribution is 2.23. The predicted molar refractivity (Wildman–Crippen MR) is 178 cm³/mol. The van der Waals surface area contributed by atoms with Crippen molar-refractivity contribution in [3.63, 3.8) is 0 Å². The van der Waals surface area contributed by atoms with Crippen LogP contribution in [0.15, 0.2) is 78.9 Å². The van der Waals surface area contributed by atoms with Gasteiger partial charge in [-0.2, -0.15) is 0 Å². The van der Waals surface area contributed by atoms with Gasteiger partial charge in [0.05, 0.1) is 11.9 Å². The van der Waals surface area contributed by atoms with Gasteiger partial charge in [-0.25, -0.2) is 8.42 Å². The number of sulfonamides is 1. The molecule has 8 heteroatoms. The Labute approximate surface area is 263 Å². The fourth-order valence-electron chi connectivity index (χ4n) is 5.97. The molecule has 2 amide bonds. The zero-order valence-corrected chi connectivity index (χ0v) is 27.2. The molecule has 0 saturated heterocycles. The number of carbonyl (C=O) groups excluding carboxylic acids is 2. The third kappa shape index (κ3) is 9.42. The topological polar surface area (TPSA) is 86.8 Å². The summed E-state index contributed by atoms with van der Waals surface area (Å²) in [7, 11) is -3.55. The van der Waals surface area contributed by atoms with Crippen molar-refractivity contribution < 1.29 is 18.0 Å². The molecular weight excluding hydrogens is 570 g/mol.